The molecule has 6 nitrogen and oxygen atoms in total. The zero-order chi connectivity index (χ0) is 21.0. The number of halogens is 2. The number of nitrogens with zero attached hydrogens (tertiary/aromatic N) is 2. The molecule has 8 heteroatoms. The Bertz CT molecular complexity index is 1110. The second-order valence-corrected chi connectivity index (χ2v) is 7.18. The van der Waals surface area contributed by atoms with E-state index in [0.29, 0.717) is 15.7 Å². The first-order valence-electron chi connectivity index (χ1n) is 8.70. The lowest BCUT2D eigenvalue weighted by Crippen LogP contribution is -2.32. The van der Waals surface area contributed by atoms with Crippen LogP contribution in [0.5, 0.6) is 0 Å². The fraction of sp³-hybridized carbons (Fsp3) is 0.0952. The number of rotatable bonds is 4. The Morgan fingerprint density at radius 1 is 0.966 bits per heavy atom. The number of carbonyl (C=O) groups is 2. The Morgan fingerprint density at radius 3 is 2.34 bits per heavy atom. The summed E-state index contributed by atoms with van der Waals surface area (Å²) in [6, 6.07) is 15.9. The van der Waals surface area contributed by atoms with Crippen molar-refractivity contribution in [3.63, 3.8) is 0 Å². The van der Waals surface area contributed by atoms with E-state index in [1.54, 1.807) is 24.3 Å². The van der Waals surface area contributed by atoms with E-state index in [9.17, 15) is 9.59 Å². The van der Waals surface area contributed by atoms with E-state index in [0.717, 1.165) is 22.6 Å². The molecule has 3 aromatic rings. The van der Waals surface area contributed by atoms with Gasteiger partial charge in [0, 0.05) is 38.4 Å². The monoisotopic (exact) mass is 428 g/mol. The molecule has 0 fully saturated rings. The van der Waals surface area contributed by atoms with Crippen molar-refractivity contribution in [2.75, 3.05) is 5.32 Å². The van der Waals surface area contributed by atoms with Crippen LogP contribution < -0.4 is 10.7 Å². The van der Waals surface area contributed by atoms with Gasteiger partial charge in [-0.15, -0.1) is 0 Å². The van der Waals surface area contributed by atoms with E-state index in [-0.39, 0.29) is 0 Å². The van der Waals surface area contributed by atoms with E-state index in [1.807, 2.05) is 48.7 Å². The van der Waals surface area contributed by atoms with Gasteiger partial charge in [-0.1, -0.05) is 35.3 Å². The summed E-state index contributed by atoms with van der Waals surface area (Å²) in [4.78, 5) is 23.9. The predicted octanol–water partition coefficient (Wildman–Crippen LogP) is 4.49. The van der Waals surface area contributed by atoms with Crippen LogP contribution >= 0.6 is 23.2 Å². The highest BCUT2D eigenvalue weighted by Crippen LogP contribution is 2.22. The highest BCUT2D eigenvalue weighted by Gasteiger charge is 2.14. The van der Waals surface area contributed by atoms with Crippen molar-refractivity contribution in [1.29, 1.82) is 0 Å². The zero-order valence-corrected chi connectivity index (χ0v) is 17.3. The van der Waals surface area contributed by atoms with E-state index >= 15 is 0 Å². The van der Waals surface area contributed by atoms with Crippen molar-refractivity contribution in [2.24, 2.45) is 5.10 Å². The van der Waals surface area contributed by atoms with Crippen molar-refractivity contribution in [3.05, 3.63) is 81.6 Å². The SMILES string of the molecule is Cc1cc(/C=N\NC(=O)C(=O)Nc2cccc(Cl)c2)c(C)n1-c1cccc(Cl)c1. The van der Waals surface area contributed by atoms with Crippen LogP contribution in [0, 0.1) is 13.8 Å². The molecule has 1 aromatic heterocycles. The average Bonchev–Trinajstić information content (AvgIpc) is 2.95. The van der Waals surface area contributed by atoms with Gasteiger partial charge in [0.1, 0.15) is 0 Å². The Morgan fingerprint density at radius 2 is 1.66 bits per heavy atom. The topological polar surface area (TPSA) is 75.5 Å². The molecular formula is C21H18Cl2N4O2. The van der Waals surface area contributed by atoms with Crippen LogP contribution in [0.2, 0.25) is 10.0 Å². The van der Waals surface area contributed by atoms with Gasteiger partial charge in [-0.05, 0) is 56.3 Å². The molecule has 29 heavy (non-hydrogen) atoms. The highest BCUT2D eigenvalue weighted by atomic mass is 35.5. The van der Waals surface area contributed by atoms with E-state index in [1.165, 1.54) is 6.21 Å². The number of hydrazone groups is 1. The van der Waals surface area contributed by atoms with Crippen LogP contribution in [0.15, 0.2) is 59.7 Å². The summed E-state index contributed by atoms with van der Waals surface area (Å²) in [5.74, 6) is -1.72. The van der Waals surface area contributed by atoms with Gasteiger partial charge in [-0.3, -0.25) is 9.59 Å². The number of carbonyl (C=O) groups excluding carboxylic acids is 2. The third-order valence-corrected chi connectivity index (χ3v) is 4.67. The summed E-state index contributed by atoms with van der Waals surface area (Å²) in [6.07, 6.45) is 1.49. The summed E-state index contributed by atoms with van der Waals surface area (Å²) in [5.41, 5.74) is 6.29. The van der Waals surface area contributed by atoms with Crippen LogP contribution in [-0.4, -0.2) is 22.6 Å². The molecule has 0 aliphatic rings. The lowest BCUT2D eigenvalue weighted by atomic mass is 10.2. The molecule has 3 rings (SSSR count). The van der Waals surface area contributed by atoms with Gasteiger partial charge in [0.15, 0.2) is 0 Å². The Hall–Kier alpha value is -3.09. The lowest BCUT2D eigenvalue weighted by Gasteiger charge is -2.09. The number of nitrogens with one attached hydrogen (secondary N) is 2. The molecule has 0 atom stereocenters. The number of hydrogen-bond donors (Lipinski definition) is 2. The summed E-state index contributed by atoms with van der Waals surface area (Å²) < 4.78 is 2.03. The summed E-state index contributed by atoms with van der Waals surface area (Å²) in [7, 11) is 0. The number of anilines is 1. The van der Waals surface area contributed by atoms with Crippen LogP contribution in [0.25, 0.3) is 5.69 Å². The molecule has 0 saturated heterocycles. The third kappa shape index (κ3) is 5.04. The van der Waals surface area contributed by atoms with Crippen LogP contribution in [-0.2, 0) is 9.59 Å². The molecule has 0 bridgehead atoms. The maximum atomic E-state index is 12.0. The lowest BCUT2D eigenvalue weighted by molar-refractivity contribution is -0.136. The van der Waals surface area contributed by atoms with E-state index in [4.69, 9.17) is 23.2 Å². The molecule has 0 aliphatic carbocycles. The molecule has 0 spiro atoms. The van der Waals surface area contributed by atoms with Gasteiger partial charge in [-0.25, -0.2) is 5.43 Å². The standard InChI is InChI=1S/C21H18Cl2N4O2/c1-13-9-15(14(2)27(13)19-8-4-6-17(23)11-19)12-24-26-21(29)20(28)25-18-7-3-5-16(22)10-18/h3-12H,1-2H3,(H,25,28)(H,26,29)/b24-12-. The molecule has 0 radical (unpaired) electrons. The molecule has 2 N–H and O–H groups in total. The first-order valence-corrected chi connectivity index (χ1v) is 9.45. The molecule has 2 aromatic carbocycles. The van der Waals surface area contributed by atoms with Crippen molar-refractivity contribution in [3.8, 4) is 5.69 Å². The second-order valence-electron chi connectivity index (χ2n) is 6.31. The average molecular weight is 429 g/mol. The van der Waals surface area contributed by atoms with Gasteiger partial charge >= 0.3 is 11.8 Å². The fourth-order valence-electron chi connectivity index (χ4n) is 2.90. The molecule has 148 valence electrons. The number of aryl methyl sites for hydroxylation is 1. The van der Waals surface area contributed by atoms with Crippen molar-refractivity contribution in [1.82, 2.24) is 9.99 Å². The van der Waals surface area contributed by atoms with Crippen LogP contribution in [0.1, 0.15) is 17.0 Å². The first kappa shape index (κ1) is 20.6. The molecule has 1 heterocycles. The molecule has 0 aliphatic heterocycles. The molecule has 0 unspecified atom stereocenters. The van der Waals surface area contributed by atoms with Crippen molar-refractivity contribution < 1.29 is 9.59 Å². The number of amides is 2. The van der Waals surface area contributed by atoms with Crippen LogP contribution in [0.3, 0.4) is 0 Å². The predicted molar refractivity (Wildman–Crippen MR) is 116 cm³/mol. The second kappa shape index (κ2) is 8.94. The minimum atomic E-state index is -0.884. The quantitative estimate of drug-likeness (QED) is 0.364. The molecule has 2 amide bonds. The first-order chi connectivity index (χ1) is 13.8. The number of aromatic nitrogens is 1. The third-order valence-electron chi connectivity index (χ3n) is 4.20. The number of hydrogen-bond acceptors (Lipinski definition) is 3. The van der Waals surface area contributed by atoms with Gasteiger partial charge in [0.25, 0.3) is 0 Å². The Kier molecular flexibility index (Phi) is 6.36. The molecular weight excluding hydrogens is 411 g/mol. The van der Waals surface area contributed by atoms with Gasteiger partial charge in [-0.2, -0.15) is 5.10 Å². The number of benzene rings is 2. The van der Waals surface area contributed by atoms with Gasteiger partial charge in [0.05, 0.1) is 6.21 Å². The normalized spacial score (nSPS) is 10.9. The minimum Gasteiger partial charge on any atom is -0.318 e. The fourth-order valence-corrected chi connectivity index (χ4v) is 3.27. The summed E-state index contributed by atoms with van der Waals surface area (Å²) in [5, 5.41) is 7.45. The Labute approximate surface area is 178 Å². The van der Waals surface area contributed by atoms with Gasteiger partial charge in [0.2, 0.25) is 0 Å². The summed E-state index contributed by atoms with van der Waals surface area (Å²) in [6.45, 7) is 3.89. The minimum absolute atomic E-state index is 0.423. The van der Waals surface area contributed by atoms with Crippen LogP contribution in [0.4, 0.5) is 5.69 Å². The Balaban J connectivity index is 1.68. The highest BCUT2D eigenvalue weighted by molar-refractivity contribution is 6.39. The van der Waals surface area contributed by atoms with E-state index in [2.05, 4.69) is 15.8 Å². The van der Waals surface area contributed by atoms with Gasteiger partial charge < -0.3 is 9.88 Å². The summed E-state index contributed by atoms with van der Waals surface area (Å²) >= 11 is 11.9. The van der Waals surface area contributed by atoms with E-state index < -0.39 is 11.8 Å². The molecule has 0 saturated carbocycles. The van der Waals surface area contributed by atoms with Crippen molar-refractivity contribution >= 4 is 46.9 Å². The maximum Gasteiger partial charge on any atom is 0.329 e. The smallest absolute Gasteiger partial charge is 0.318 e. The van der Waals surface area contributed by atoms with Crippen molar-refractivity contribution in [2.45, 2.75) is 13.8 Å². The maximum absolute atomic E-state index is 12.0. The zero-order valence-electron chi connectivity index (χ0n) is 15.7. The largest absolute Gasteiger partial charge is 0.329 e.